The minimum absolute atomic E-state index is 0.0748. The van der Waals surface area contributed by atoms with Gasteiger partial charge in [-0.15, -0.1) is 0 Å². The Balaban J connectivity index is 1.71. The monoisotopic (exact) mass is 381 g/mol. The van der Waals surface area contributed by atoms with E-state index in [4.69, 9.17) is 4.74 Å². The van der Waals surface area contributed by atoms with Crippen LogP contribution >= 0.6 is 0 Å². The van der Waals surface area contributed by atoms with E-state index in [0.717, 1.165) is 0 Å². The van der Waals surface area contributed by atoms with Crippen LogP contribution in [0, 0.1) is 10.1 Å². The summed E-state index contributed by atoms with van der Waals surface area (Å²) in [6.07, 6.45) is 1.27. The predicted molar refractivity (Wildman–Crippen MR) is 100 cm³/mol. The molecule has 0 spiro atoms. The Labute approximate surface area is 158 Å². The number of nitro benzene ring substituents is 1. The van der Waals surface area contributed by atoms with Crippen LogP contribution in [-0.2, 0) is 0 Å². The quantitative estimate of drug-likeness (QED) is 0.340. The number of carbonyl (C=O) groups is 1. The van der Waals surface area contributed by atoms with Gasteiger partial charge in [0.05, 0.1) is 23.9 Å². The number of phenolic OH excluding ortho intramolecular Hbond substituents is 1. The molecule has 0 aliphatic heterocycles. The minimum Gasteiger partial charge on any atom is -0.504 e. The molecule has 0 aliphatic carbocycles. The van der Waals surface area contributed by atoms with Gasteiger partial charge in [0.25, 0.3) is 11.6 Å². The number of aromatic hydroxyl groups is 1. The van der Waals surface area contributed by atoms with Crippen LogP contribution in [0.25, 0.3) is 11.3 Å². The average molecular weight is 381 g/mol. The molecule has 10 nitrogen and oxygen atoms in total. The molecule has 1 amide bonds. The van der Waals surface area contributed by atoms with Crippen LogP contribution in [0.2, 0.25) is 0 Å². The molecule has 10 heteroatoms. The summed E-state index contributed by atoms with van der Waals surface area (Å²) < 4.78 is 5.00. The number of ether oxygens (including phenoxy) is 1. The van der Waals surface area contributed by atoms with Crippen LogP contribution in [0.15, 0.2) is 53.6 Å². The van der Waals surface area contributed by atoms with Gasteiger partial charge in [-0.05, 0) is 18.2 Å². The van der Waals surface area contributed by atoms with E-state index in [9.17, 15) is 20.0 Å². The Morgan fingerprint density at radius 1 is 1.32 bits per heavy atom. The summed E-state index contributed by atoms with van der Waals surface area (Å²) in [5.41, 5.74) is 3.59. The maximum absolute atomic E-state index is 12.2. The number of H-pyrrole nitrogens is 1. The second kappa shape index (κ2) is 7.99. The number of amides is 1. The average Bonchev–Trinajstić information content (AvgIpc) is 3.19. The van der Waals surface area contributed by atoms with Gasteiger partial charge in [-0.3, -0.25) is 20.0 Å². The topological polar surface area (TPSA) is 143 Å². The number of hydrogen-bond acceptors (Lipinski definition) is 7. The fourth-order valence-corrected chi connectivity index (χ4v) is 2.39. The van der Waals surface area contributed by atoms with E-state index in [0.29, 0.717) is 16.8 Å². The molecule has 3 rings (SSSR count). The van der Waals surface area contributed by atoms with E-state index >= 15 is 0 Å². The number of nitrogens with zero attached hydrogens (tertiary/aromatic N) is 3. The van der Waals surface area contributed by atoms with E-state index in [1.807, 2.05) is 0 Å². The summed E-state index contributed by atoms with van der Waals surface area (Å²) >= 11 is 0. The Hall–Kier alpha value is -4.21. The van der Waals surface area contributed by atoms with Crippen LogP contribution in [0.5, 0.6) is 11.5 Å². The molecule has 0 aliphatic rings. The van der Waals surface area contributed by atoms with Crippen LogP contribution in [0.1, 0.15) is 16.1 Å². The second-order valence-electron chi connectivity index (χ2n) is 5.57. The molecule has 3 N–H and O–H groups in total. The molecule has 1 aromatic heterocycles. The molecule has 0 saturated heterocycles. The number of hydrogen-bond donors (Lipinski definition) is 3. The van der Waals surface area contributed by atoms with Gasteiger partial charge >= 0.3 is 0 Å². The van der Waals surface area contributed by atoms with Gasteiger partial charge in [0.15, 0.2) is 11.5 Å². The molecule has 0 saturated carbocycles. The zero-order chi connectivity index (χ0) is 20.1. The summed E-state index contributed by atoms with van der Waals surface area (Å²) in [4.78, 5) is 22.5. The van der Waals surface area contributed by atoms with Crippen LogP contribution in [0.4, 0.5) is 5.69 Å². The number of para-hydroxylation sites is 1. The number of methoxy groups -OCH3 is 1. The fraction of sp³-hybridized carbons (Fsp3) is 0.0556. The van der Waals surface area contributed by atoms with Crippen molar-refractivity contribution in [3.63, 3.8) is 0 Å². The molecular weight excluding hydrogens is 366 g/mol. The number of nitro groups is 1. The third-order valence-corrected chi connectivity index (χ3v) is 3.80. The number of carbonyl (C=O) groups excluding carboxylic acids is 1. The van der Waals surface area contributed by atoms with E-state index in [2.05, 4.69) is 20.7 Å². The third-order valence-electron chi connectivity index (χ3n) is 3.80. The number of hydrazone groups is 1. The lowest BCUT2D eigenvalue weighted by Crippen LogP contribution is -2.18. The van der Waals surface area contributed by atoms with Gasteiger partial charge in [0.1, 0.15) is 5.69 Å². The molecular formula is C18H15N5O5. The van der Waals surface area contributed by atoms with Crippen LogP contribution in [-0.4, -0.2) is 39.5 Å². The largest absolute Gasteiger partial charge is 0.504 e. The Bertz CT molecular complexity index is 1060. The van der Waals surface area contributed by atoms with Crippen molar-refractivity contribution in [3.8, 4) is 22.8 Å². The Morgan fingerprint density at radius 2 is 2.11 bits per heavy atom. The first-order valence-electron chi connectivity index (χ1n) is 7.99. The molecule has 142 valence electrons. The molecule has 1 heterocycles. The molecule has 0 bridgehead atoms. The summed E-state index contributed by atoms with van der Waals surface area (Å²) in [5.74, 6) is -0.384. The standard InChI is InChI=1S/C18H15N5O5/c1-28-16-7-3-5-12(17(16)24)10-19-22-18(25)15-9-14(20-21-15)11-4-2-6-13(8-11)23(26)27/h2-10,24H,1H3,(H,20,21)(H,22,25)/b19-10-. The van der Waals surface area contributed by atoms with E-state index < -0.39 is 10.8 Å². The van der Waals surface area contributed by atoms with Crippen LogP contribution in [0.3, 0.4) is 0 Å². The van der Waals surface area contributed by atoms with Gasteiger partial charge in [-0.1, -0.05) is 18.2 Å². The third kappa shape index (κ3) is 3.96. The summed E-state index contributed by atoms with van der Waals surface area (Å²) in [5, 5.41) is 31.2. The number of benzene rings is 2. The molecule has 0 unspecified atom stereocenters. The fourth-order valence-electron chi connectivity index (χ4n) is 2.39. The maximum Gasteiger partial charge on any atom is 0.289 e. The minimum atomic E-state index is -0.567. The van der Waals surface area contributed by atoms with E-state index in [1.54, 1.807) is 24.3 Å². The normalized spacial score (nSPS) is 10.8. The smallest absolute Gasteiger partial charge is 0.289 e. The van der Waals surface area contributed by atoms with Crippen molar-refractivity contribution in [2.45, 2.75) is 0 Å². The maximum atomic E-state index is 12.2. The zero-order valence-electron chi connectivity index (χ0n) is 14.6. The number of phenols is 1. The van der Waals surface area contributed by atoms with Crippen molar-refractivity contribution in [1.82, 2.24) is 15.6 Å². The second-order valence-corrected chi connectivity index (χ2v) is 5.57. The molecule has 0 radical (unpaired) electrons. The van der Waals surface area contributed by atoms with Gasteiger partial charge in [-0.2, -0.15) is 10.2 Å². The highest BCUT2D eigenvalue weighted by Gasteiger charge is 2.13. The molecule has 2 aromatic carbocycles. The van der Waals surface area contributed by atoms with Crippen molar-refractivity contribution < 1.29 is 19.6 Å². The molecule has 3 aromatic rings. The predicted octanol–water partition coefficient (Wildman–Crippen LogP) is 2.46. The van der Waals surface area contributed by atoms with Crippen molar-refractivity contribution in [1.29, 1.82) is 0 Å². The van der Waals surface area contributed by atoms with Gasteiger partial charge in [0.2, 0.25) is 0 Å². The number of aromatic nitrogens is 2. The van der Waals surface area contributed by atoms with Crippen molar-refractivity contribution in [2.24, 2.45) is 5.10 Å². The number of aromatic amines is 1. The number of nitrogens with one attached hydrogen (secondary N) is 2. The van der Waals surface area contributed by atoms with Crippen molar-refractivity contribution in [2.75, 3.05) is 7.11 Å². The summed E-state index contributed by atoms with van der Waals surface area (Å²) in [6.45, 7) is 0. The van der Waals surface area contributed by atoms with Gasteiger partial charge in [-0.25, -0.2) is 5.43 Å². The summed E-state index contributed by atoms with van der Waals surface area (Å²) in [6, 6.07) is 12.2. The lowest BCUT2D eigenvalue weighted by atomic mass is 10.1. The first-order chi connectivity index (χ1) is 13.5. The van der Waals surface area contributed by atoms with Crippen molar-refractivity contribution in [3.05, 3.63) is 69.9 Å². The Morgan fingerprint density at radius 3 is 2.86 bits per heavy atom. The highest BCUT2D eigenvalue weighted by atomic mass is 16.6. The van der Waals surface area contributed by atoms with Gasteiger partial charge < -0.3 is 9.84 Å². The highest BCUT2D eigenvalue weighted by Crippen LogP contribution is 2.28. The summed E-state index contributed by atoms with van der Waals surface area (Å²) in [7, 11) is 1.43. The number of non-ortho nitro benzene ring substituents is 1. The lowest BCUT2D eigenvalue weighted by molar-refractivity contribution is -0.384. The van der Waals surface area contributed by atoms with E-state index in [1.165, 1.54) is 37.6 Å². The number of rotatable bonds is 6. The van der Waals surface area contributed by atoms with Gasteiger partial charge in [0, 0.05) is 23.3 Å². The SMILES string of the molecule is COc1cccc(/C=N\NC(=O)c2cc(-c3cccc([N+](=O)[O-])c3)n[nH]2)c1O. The first kappa shape index (κ1) is 18.6. The molecule has 28 heavy (non-hydrogen) atoms. The molecule has 0 fully saturated rings. The van der Waals surface area contributed by atoms with Crippen molar-refractivity contribution >= 4 is 17.8 Å². The molecule has 0 atom stereocenters. The van der Waals surface area contributed by atoms with Crippen LogP contribution < -0.4 is 10.2 Å². The lowest BCUT2D eigenvalue weighted by Gasteiger charge is -2.04. The first-order valence-corrected chi connectivity index (χ1v) is 7.99. The Kier molecular flexibility index (Phi) is 5.30. The zero-order valence-corrected chi connectivity index (χ0v) is 14.6. The highest BCUT2D eigenvalue weighted by molar-refractivity contribution is 5.94. The van der Waals surface area contributed by atoms with E-state index in [-0.39, 0.29) is 22.9 Å².